The number of carboxylic acids is 1. The van der Waals surface area contributed by atoms with Gasteiger partial charge >= 0.3 is 35.5 Å². The van der Waals surface area contributed by atoms with Crippen LogP contribution in [0.3, 0.4) is 0 Å². The van der Waals surface area contributed by atoms with Crippen LogP contribution in [-0.4, -0.2) is 42.5 Å². The van der Waals surface area contributed by atoms with Crippen molar-refractivity contribution in [3.63, 3.8) is 0 Å². The summed E-state index contributed by atoms with van der Waals surface area (Å²) in [6.07, 6.45) is 1.41. The maximum Gasteiger partial charge on any atom is 1.00 e. The average molecular weight is 396 g/mol. The van der Waals surface area contributed by atoms with E-state index in [4.69, 9.17) is 11.6 Å². The number of halogens is 1. The first kappa shape index (κ1) is 22.7. The van der Waals surface area contributed by atoms with Crippen molar-refractivity contribution in [2.75, 3.05) is 11.5 Å². The first-order valence-corrected chi connectivity index (χ1v) is 9.81. The van der Waals surface area contributed by atoms with Crippen LogP contribution in [0.4, 0.5) is 0 Å². The average Bonchev–Trinajstić information content (AvgIpc) is 2.84. The van der Waals surface area contributed by atoms with Gasteiger partial charge in [0.15, 0.2) is 0 Å². The number of hydrogen-bond donors (Lipinski definition) is 2. The molecule has 0 bridgehead atoms. The molecule has 0 radical (unpaired) electrons. The van der Waals surface area contributed by atoms with Gasteiger partial charge in [0.05, 0.1) is 4.34 Å². The summed E-state index contributed by atoms with van der Waals surface area (Å²) in [6.45, 7) is 0. The summed E-state index contributed by atoms with van der Waals surface area (Å²) in [5.41, 5.74) is 0. The number of nitrogens with one attached hydrogen (secondary N) is 1. The van der Waals surface area contributed by atoms with Crippen LogP contribution in [0.2, 0.25) is 4.34 Å². The molecule has 120 valence electrons. The molecule has 0 aromatic carbocycles. The molecule has 1 aromatic heterocycles. The van der Waals surface area contributed by atoms with Crippen molar-refractivity contribution in [1.29, 1.82) is 0 Å². The van der Waals surface area contributed by atoms with Gasteiger partial charge in [-0.1, -0.05) is 11.6 Å². The van der Waals surface area contributed by atoms with Gasteiger partial charge in [0.25, 0.3) is 10.0 Å². The Balaban J connectivity index is 0.00000220. The smallest absolute Gasteiger partial charge is 0.870 e. The summed E-state index contributed by atoms with van der Waals surface area (Å²) >= 11 is 8.39. The monoisotopic (exact) mass is 395 g/mol. The van der Waals surface area contributed by atoms with Crippen molar-refractivity contribution in [1.82, 2.24) is 4.72 Å². The van der Waals surface area contributed by atoms with Crippen molar-refractivity contribution >= 4 is 50.7 Å². The van der Waals surface area contributed by atoms with E-state index < -0.39 is 22.0 Å². The van der Waals surface area contributed by atoms with E-state index in [1.54, 1.807) is 11.8 Å². The molecule has 1 aliphatic heterocycles. The molecule has 22 heavy (non-hydrogen) atoms. The Hall–Kier alpha value is 0.680. The van der Waals surface area contributed by atoms with Crippen LogP contribution in [0.1, 0.15) is 12.8 Å². The maximum atomic E-state index is 12.2. The SMILES string of the molecule is O=C(O)C(NS(=O)(=O)c1ccc(Cl)s1)C1CCSCC1.[Na+].[OH-]. The zero-order valence-electron chi connectivity index (χ0n) is 11.9. The van der Waals surface area contributed by atoms with Crippen LogP contribution >= 0.6 is 34.7 Å². The molecule has 0 saturated carbocycles. The fraction of sp³-hybridized carbons (Fsp3) is 0.545. The number of hydrogen-bond acceptors (Lipinski definition) is 6. The van der Waals surface area contributed by atoms with Gasteiger partial charge in [0.2, 0.25) is 0 Å². The Labute approximate surface area is 164 Å². The second-order valence-corrected chi connectivity index (χ2v) is 9.33. The van der Waals surface area contributed by atoms with E-state index in [1.807, 2.05) is 0 Å². The van der Waals surface area contributed by atoms with Crippen molar-refractivity contribution < 1.29 is 53.4 Å². The third kappa shape index (κ3) is 5.95. The molecule has 0 amide bonds. The summed E-state index contributed by atoms with van der Waals surface area (Å²) in [5.74, 6) is 0.425. The van der Waals surface area contributed by atoms with Gasteiger partial charge < -0.3 is 10.6 Å². The van der Waals surface area contributed by atoms with Crippen molar-refractivity contribution in [3.8, 4) is 0 Å². The molecule has 1 saturated heterocycles. The second kappa shape index (κ2) is 9.85. The number of thioether (sulfide) groups is 1. The first-order chi connectivity index (χ1) is 9.40. The third-order valence-electron chi connectivity index (χ3n) is 3.10. The number of rotatable bonds is 5. The van der Waals surface area contributed by atoms with E-state index in [-0.39, 0.29) is 45.2 Å². The van der Waals surface area contributed by atoms with E-state index in [2.05, 4.69) is 4.72 Å². The predicted octanol–water partition coefficient (Wildman–Crippen LogP) is -0.897. The molecule has 11 heteroatoms. The second-order valence-electron chi connectivity index (χ2n) is 4.45. The molecule has 1 unspecified atom stereocenters. The van der Waals surface area contributed by atoms with Gasteiger partial charge in [-0.2, -0.15) is 16.5 Å². The molecule has 2 rings (SSSR count). The Morgan fingerprint density at radius 3 is 2.41 bits per heavy atom. The standard InChI is InChI=1S/C11H14ClNO4S3.Na.H2O/c12-8-1-2-9(19-8)20(16,17)13-10(11(14)15)7-3-5-18-6-4-7;;/h1-2,7,10,13H,3-6H2,(H,14,15);;1H2/q;+1;/p-1. The minimum atomic E-state index is -3.84. The maximum absolute atomic E-state index is 12.2. The molecule has 1 fully saturated rings. The molecule has 1 aromatic rings. The van der Waals surface area contributed by atoms with E-state index >= 15 is 0 Å². The normalized spacial score (nSPS) is 17.1. The van der Waals surface area contributed by atoms with Gasteiger partial charge in [-0.05, 0) is 42.4 Å². The summed E-state index contributed by atoms with van der Waals surface area (Å²) in [4.78, 5) is 11.4. The van der Waals surface area contributed by atoms with Crippen molar-refractivity contribution in [2.45, 2.75) is 23.1 Å². The van der Waals surface area contributed by atoms with Gasteiger partial charge in [-0.15, -0.1) is 11.3 Å². The zero-order chi connectivity index (χ0) is 14.8. The minimum absolute atomic E-state index is 0. The number of carbonyl (C=O) groups is 1. The predicted molar refractivity (Wildman–Crippen MR) is 83.1 cm³/mol. The molecule has 3 N–H and O–H groups in total. The summed E-state index contributed by atoms with van der Waals surface area (Å²) in [5, 5.41) is 9.28. The number of sulfonamides is 1. The molecule has 0 aliphatic carbocycles. The first-order valence-electron chi connectivity index (χ1n) is 5.98. The Kier molecular flexibility index (Phi) is 10.2. The van der Waals surface area contributed by atoms with Crippen LogP contribution in [0.5, 0.6) is 0 Å². The van der Waals surface area contributed by atoms with Crippen LogP contribution in [-0.2, 0) is 14.8 Å². The summed E-state index contributed by atoms with van der Waals surface area (Å²) in [6, 6.07) is 1.78. The Bertz CT molecular complexity index is 588. The Morgan fingerprint density at radius 1 is 1.36 bits per heavy atom. The molecule has 1 aliphatic rings. The molecule has 0 spiro atoms. The molecule has 1 atom stereocenters. The zero-order valence-corrected chi connectivity index (χ0v) is 17.1. The fourth-order valence-electron chi connectivity index (χ4n) is 2.06. The minimum Gasteiger partial charge on any atom is -0.870 e. The van der Waals surface area contributed by atoms with Gasteiger partial charge in [-0.25, -0.2) is 8.42 Å². The van der Waals surface area contributed by atoms with E-state index in [0.29, 0.717) is 17.2 Å². The van der Waals surface area contributed by atoms with Gasteiger partial charge in [0.1, 0.15) is 10.3 Å². The van der Waals surface area contributed by atoms with E-state index in [0.717, 1.165) is 22.8 Å². The quantitative estimate of drug-likeness (QED) is 0.625. The van der Waals surface area contributed by atoms with E-state index in [9.17, 15) is 18.3 Å². The van der Waals surface area contributed by atoms with Crippen molar-refractivity contribution in [2.24, 2.45) is 5.92 Å². The summed E-state index contributed by atoms with van der Waals surface area (Å²) in [7, 11) is -3.84. The van der Waals surface area contributed by atoms with Crippen molar-refractivity contribution in [3.05, 3.63) is 16.5 Å². The van der Waals surface area contributed by atoms with Gasteiger partial charge in [0, 0.05) is 0 Å². The van der Waals surface area contributed by atoms with Crippen LogP contribution in [0.25, 0.3) is 0 Å². The van der Waals surface area contributed by atoms with Gasteiger partial charge in [-0.3, -0.25) is 4.79 Å². The van der Waals surface area contributed by atoms with Crippen LogP contribution in [0, 0.1) is 5.92 Å². The van der Waals surface area contributed by atoms with Crippen LogP contribution in [0.15, 0.2) is 16.3 Å². The third-order valence-corrected chi connectivity index (χ3v) is 7.31. The van der Waals surface area contributed by atoms with Crippen LogP contribution < -0.4 is 34.3 Å². The Morgan fingerprint density at radius 2 is 1.95 bits per heavy atom. The van der Waals surface area contributed by atoms with E-state index in [1.165, 1.54) is 12.1 Å². The molecule has 2 heterocycles. The number of thiophene rings is 1. The number of aliphatic carboxylic acids is 1. The summed E-state index contributed by atoms with van der Waals surface area (Å²) < 4.78 is 27.1. The molecular formula is C11H15ClNNaO5S3. The number of carboxylic acid groups (broad SMARTS) is 1. The molecule has 6 nitrogen and oxygen atoms in total. The molecular weight excluding hydrogens is 381 g/mol. The topological polar surface area (TPSA) is 113 Å². The fourth-order valence-corrected chi connectivity index (χ4v) is 5.97. The largest absolute Gasteiger partial charge is 1.00 e.